The van der Waals surface area contributed by atoms with E-state index in [1.807, 2.05) is 31.2 Å². The first-order valence-electron chi connectivity index (χ1n) is 8.88. The highest BCUT2D eigenvalue weighted by Crippen LogP contribution is 2.16. The van der Waals surface area contributed by atoms with Crippen LogP contribution in [0.3, 0.4) is 0 Å². The number of aryl methyl sites for hydroxylation is 1. The maximum atomic E-state index is 12.2. The van der Waals surface area contributed by atoms with Crippen molar-refractivity contribution in [2.45, 2.75) is 40.3 Å². The molecule has 2 aromatic carbocycles. The van der Waals surface area contributed by atoms with Crippen LogP contribution in [0.2, 0.25) is 0 Å². The Labute approximate surface area is 150 Å². The summed E-state index contributed by atoms with van der Waals surface area (Å²) in [5, 5.41) is 2.93. The minimum atomic E-state index is -0.531. The van der Waals surface area contributed by atoms with Gasteiger partial charge in [0.25, 0.3) is 5.91 Å². The minimum absolute atomic E-state index is 0.116. The molecule has 1 amide bonds. The number of amides is 1. The second kappa shape index (κ2) is 9.11. The van der Waals surface area contributed by atoms with Crippen LogP contribution < -0.4 is 15.0 Å². The molecule has 0 saturated heterocycles. The van der Waals surface area contributed by atoms with Crippen LogP contribution in [-0.2, 0) is 11.3 Å². The van der Waals surface area contributed by atoms with Gasteiger partial charge in [0, 0.05) is 25.3 Å². The third kappa shape index (κ3) is 5.52. The number of carbonyl (C=O) groups excluding carboxylic acids is 1. The monoisotopic (exact) mass is 340 g/mol. The van der Waals surface area contributed by atoms with Gasteiger partial charge in [-0.15, -0.1) is 0 Å². The third-order valence-electron chi connectivity index (χ3n) is 4.20. The highest BCUT2D eigenvalue weighted by atomic mass is 16.5. The number of nitrogens with one attached hydrogen (secondary N) is 1. The molecule has 134 valence electrons. The first-order chi connectivity index (χ1) is 12.0. The number of carbonyl (C=O) groups is 1. The minimum Gasteiger partial charge on any atom is -0.481 e. The van der Waals surface area contributed by atoms with Crippen LogP contribution in [0.4, 0.5) is 5.69 Å². The lowest BCUT2D eigenvalue weighted by molar-refractivity contribution is -0.127. The largest absolute Gasteiger partial charge is 0.481 e. The molecule has 2 rings (SSSR count). The van der Waals surface area contributed by atoms with E-state index in [1.165, 1.54) is 5.69 Å². The fraction of sp³-hybridized carbons (Fsp3) is 0.381. The van der Waals surface area contributed by atoms with E-state index in [2.05, 4.69) is 48.3 Å². The molecule has 1 atom stereocenters. The Morgan fingerprint density at radius 2 is 1.80 bits per heavy atom. The second-order valence-corrected chi connectivity index (χ2v) is 6.13. The summed E-state index contributed by atoms with van der Waals surface area (Å²) in [6.45, 7) is 10.5. The molecular weight excluding hydrogens is 312 g/mol. The van der Waals surface area contributed by atoms with Gasteiger partial charge in [-0.3, -0.25) is 4.79 Å². The van der Waals surface area contributed by atoms with Crippen LogP contribution in [0.5, 0.6) is 5.75 Å². The van der Waals surface area contributed by atoms with Crippen molar-refractivity contribution in [1.82, 2.24) is 5.32 Å². The molecule has 0 unspecified atom stereocenters. The average Bonchev–Trinajstić information content (AvgIpc) is 2.61. The Hall–Kier alpha value is -2.49. The van der Waals surface area contributed by atoms with Crippen molar-refractivity contribution in [3.05, 3.63) is 59.7 Å². The van der Waals surface area contributed by atoms with E-state index in [9.17, 15) is 4.79 Å². The molecule has 0 saturated carbocycles. The van der Waals surface area contributed by atoms with Gasteiger partial charge in [-0.05, 0) is 63.1 Å². The van der Waals surface area contributed by atoms with Crippen molar-refractivity contribution in [3.8, 4) is 5.75 Å². The number of ether oxygens (including phenoxy) is 1. The highest BCUT2D eigenvalue weighted by Gasteiger charge is 2.14. The molecule has 4 nitrogen and oxygen atoms in total. The molecule has 25 heavy (non-hydrogen) atoms. The second-order valence-electron chi connectivity index (χ2n) is 6.13. The van der Waals surface area contributed by atoms with Gasteiger partial charge >= 0.3 is 0 Å². The van der Waals surface area contributed by atoms with Crippen LogP contribution in [0, 0.1) is 6.92 Å². The number of hydrogen-bond acceptors (Lipinski definition) is 3. The van der Waals surface area contributed by atoms with Crippen LogP contribution in [-0.4, -0.2) is 25.1 Å². The summed E-state index contributed by atoms with van der Waals surface area (Å²) in [6, 6.07) is 16.0. The molecule has 0 aliphatic rings. The SMILES string of the molecule is CCN(CC)c1ccc(CNC(=O)[C@@H](C)Oc2cccc(C)c2)cc1. The zero-order valence-corrected chi connectivity index (χ0v) is 15.6. The molecule has 1 N–H and O–H groups in total. The van der Waals surface area contributed by atoms with Crippen molar-refractivity contribution in [2.24, 2.45) is 0 Å². The lowest BCUT2D eigenvalue weighted by Crippen LogP contribution is -2.35. The Bertz CT molecular complexity index is 679. The molecule has 2 aromatic rings. The zero-order chi connectivity index (χ0) is 18.2. The predicted molar refractivity (Wildman–Crippen MR) is 103 cm³/mol. The van der Waals surface area contributed by atoms with Crippen molar-refractivity contribution in [2.75, 3.05) is 18.0 Å². The van der Waals surface area contributed by atoms with E-state index in [0.717, 1.165) is 24.2 Å². The molecule has 0 fully saturated rings. The van der Waals surface area contributed by atoms with Gasteiger partial charge in [0.1, 0.15) is 5.75 Å². The smallest absolute Gasteiger partial charge is 0.261 e. The quantitative estimate of drug-likeness (QED) is 0.792. The van der Waals surface area contributed by atoms with Gasteiger partial charge in [0.05, 0.1) is 0 Å². The van der Waals surface area contributed by atoms with Gasteiger partial charge in [-0.1, -0.05) is 24.3 Å². The van der Waals surface area contributed by atoms with Crippen LogP contribution in [0.15, 0.2) is 48.5 Å². The van der Waals surface area contributed by atoms with E-state index >= 15 is 0 Å². The van der Waals surface area contributed by atoms with Gasteiger partial charge in [-0.25, -0.2) is 0 Å². The fourth-order valence-electron chi connectivity index (χ4n) is 2.69. The summed E-state index contributed by atoms with van der Waals surface area (Å²) in [5.41, 5.74) is 3.39. The number of nitrogens with zero attached hydrogens (tertiary/aromatic N) is 1. The van der Waals surface area contributed by atoms with Crippen molar-refractivity contribution in [3.63, 3.8) is 0 Å². The maximum Gasteiger partial charge on any atom is 0.261 e. The average molecular weight is 340 g/mol. The molecule has 0 aliphatic heterocycles. The Kier molecular flexibility index (Phi) is 6.87. The summed E-state index contributed by atoms with van der Waals surface area (Å²) < 4.78 is 5.71. The first-order valence-corrected chi connectivity index (χ1v) is 8.88. The zero-order valence-electron chi connectivity index (χ0n) is 15.6. The third-order valence-corrected chi connectivity index (χ3v) is 4.20. The molecular formula is C21H28N2O2. The Morgan fingerprint density at radius 1 is 1.12 bits per heavy atom. The van der Waals surface area contributed by atoms with Crippen molar-refractivity contribution < 1.29 is 9.53 Å². The molecule has 0 spiro atoms. The summed E-state index contributed by atoms with van der Waals surface area (Å²) in [5.74, 6) is 0.598. The van der Waals surface area contributed by atoms with E-state index in [1.54, 1.807) is 6.92 Å². The Morgan fingerprint density at radius 3 is 2.40 bits per heavy atom. The van der Waals surface area contributed by atoms with E-state index in [-0.39, 0.29) is 5.91 Å². The number of rotatable bonds is 8. The fourth-order valence-corrected chi connectivity index (χ4v) is 2.69. The predicted octanol–water partition coefficient (Wildman–Crippen LogP) is 3.92. The van der Waals surface area contributed by atoms with Crippen molar-refractivity contribution >= 4 is 11.6 Å². The molecule has 0 radical (unpaired) electrons. The van der Waals surface area contributed by atoms with Gasteiger partial charge in [-0.2, -0.15) is 0 Å². The van der Waals surface area contributed by atoms with Crippen LogP contribution >= 0.6 is 0 Å². The summed E-state index contributed by atoms with van der Waals surface area (Å²) in [4.78, 5) is 14.5. The molecule has 4 heteroatoms. The first kappa shape index (κ1) is 18.8. The van der Waals surface area contributed by atoms with Crippen LogP contribution in [0.1, 0.15) is 31.9 Å². The number of anilines is 1. The topological polar surface area (TPSA) is 41.6 Å². The van der Waals surface area contributed by atoms with E-state index < -0.39 is 6.10 Å². The lowest BCUT2D eigenvalue weighted by Gasteiger charge is -2.21. The van der Waals surface area contributed by atoms with E-state index in [0.29, 0.717) is 12.3 Å². The highest BCUT2D eigenvalue weighted by molar-refractivity contribution is 5.80. The van der Waals surface area contributed by atoms with E-state index in [4.69, 9.17) is 4.74 Å². The molecule has 0 aliphatic carbocycles. The molecule has 0 heterocycles. The maximum absolute atomic E-state index is 12.2. The van der Waals surface area contributed by atoms with Crippen molar-refractivity contribution in [1.29, 1.82) is 0 Å². The normalized spacial score (nSPS) is 11.7. The lowest BCUT2D eigenvalue weighted by atomic mass is 10.2. The number of hydrogen-bond donors (Lipinski definition) is 1. The van der Waals surface area contributed by atoms with Crippen LogP contribution in [0.25, 0.3) is 0 Å². The Balaban J connectivity index is 1.86. The molecule has 0 bridgehead atoms. The number of benzene rings is 2. The standard InChI is InChI=1S/C21H28N2O2/c1-5-23(6-2)19-12-10-18(11-13-19)15-22-21(24)17(4)25-20-9-7-8-16(3)14-20/h7-14,17H,5-6,15H2,1-4H3,(H,22,24)/t17-/m1/s1. The molecule has 0 aromatic heterocycles. The summed E-state index contributed by atoms with van der Waals surface area (Å²) in [7, 11) is 0. The van der Waals surface area contributed by atoms with Gasteiger partial charge < -0.3 is 15.0 Å². The summed E-state index contributed by atoms with van der Waals surface area (Å²) in [6.07, 6.45) is -0.531. The van der Waals surface area contributed by atoms with Gasteiger partial charge in [0.15, 0.2) is 6.10 Å². The summed E-state index contributed by atoms with van der Waals surface area (Å²) >= 11 is 0. The van der Waals surface area contributed by atoms with Gasteiger partial charge in [0.2, 0.25) is 0 Å².